The molecule has 5 heteroatoms. The molecule has 0 aromatic carbocycles. The quantitative estimate of drug-likeness (QED) is 0.779. The summed E-state index contributed by atoms with van der Waals surface area (Å²) in [5.74, 6) is 0.388. The van der Waals surface area contributed by atoms with E-state index in [1.54, 1.807) is 0 Å². The summed E-state index contributed by atoms with van der Waals surface area (Å²) >= 11 is 1.53. The molecule has 0 saturated carbocycles. The zero-order chi connectivity index (χ0) is 14.5. The molecule has 0 aliphatic rings. The smallest absolute Gasteiger partial charge is 0.317 e. The van der Waals surface area contributed by atoms with Crippen molar-refractivity contribution in [3.8, 4) is 0 Å². The Morgan fingerprint density at radius 2 is 2.21 bits per heavy atom. The summed E-state index contributed by atoms with van der Waals surface area (Å²) in [6, 6.07) is 0. The number of thiazole rings is 1. The van der Waals surface area contributed by atoms with Crippen molar-refractivity contribution in [2.24, 2.45) is 5.92 Å². The van der Waals surface area contributed by atoms with Crippen LogP contribution >= 0.6 is 11.3 Å². The number of carbonyl (C=O) groups is 1. The number of hydrogen-bond donors (Lipinski definition) is 1. The predicted octanol–water partition coefficient (Wildman–Crippen LogP) is 3.44. The van der Waals surface area contributed by atoms with Crippen LogP contribution in [0.3, 0.4) is 0 Å². The average Bonchev–Trinajstić information content (AvgIpc) is 2.85. The van der Waals surface area contributed by atoms with Gasteiger partial charge in [-0.15, -0.1) is 11.3 Å². The minimum Gasteiger partial charge on any atom is -0.465 e. The topological polar surface area (TPSA) is 51.2 Å². The summed E-state index contributed by atoms with van der Waals surface area (Å²) in [6.45, 7) is 11.2. The first-order valence-corrected chi connectivity index (χ1v) is 7.66. The van der Waals surface area contributed by atoms with E-state index in [4.69, 9.17) is 4.74 Å². The molecule has 1 atom stereocenters. The number of esters is 1. The number of nitrogens with one attached hydrogen (secondary N) is 1. The standard InChI is InChI=1S/C14H24N2O2S/c1-6-10(3)8-15-13-16-11(9-19-13)14(4,5)12(17)18-7-2/h9-10H,6-8H2,1-5H3,(H,15,16). The fraction of sp³-hybridized carbons (Fsp3) is 0.714. The van der Waals surface area contributed by atoms with Gasteiger partial charge in [-0.3, -0.25) is 4.79 Å². The van der Waals surface area contributed by atoms with Crippen molar-refractivity contribution < 1.29 is 9.53 Å². The lowest BCUT2D eigenvalue weighted by Gasteiger charge is -2.19. The van der Waals surface area contributed by atoms with Crippen LogP contribution in [0.4, 0.5) is 5.13 Å². The summed E-state index contributed by atoms with van der Waals surface area (Å²) in [6.07, 6.45) is 1.14. The Kier molecular flexibility index (Phi) is 5.79. The highest BCUT2D eigenvalue weighted by molar-refractivity contribution is 7.13. The Labute approximate surface area is 119 Å². The van der Waals surface area contributed by atoms with Crippen LogP contribution in [0.5, 0.6) is 0 Å². The van der Waals surface area contributed by atoms with Gasteiger partial charge >= 0.3 is 5.97 Å². The maximum absolute atomic E-state index is 11.9. The maximum atomic E-state index is 11.9. The highest BCUT2D eigenvalue weighted by Gasteiger charge is 2.33. The zero-order valence-electron chi connectivity index (χ0n) is 12.4. The first-order chi connectivity index (χ1) is 8.91. The first kappa shape index (κ1) is 16.0. The Bertz CT molecular complexity index is 415. The van der Waals surface area contributed by atoms with E-state index in [0.717, 1.165) is 23.8 Å². The third kappa shape index (κ3) is 4.20. The average molecular weight is 284 g/mol. The molecule has 0 amide bonds. The van der Waals surface area contributed by atoms with E-state index in [1.807, 2.05) is 26.2 Å². The second kappa shape index (κ2) is 6.89. The zero-order valence-corrected chi connectivity index (χ0v) is 13.3. The molecule has 0 fully saturated rings. The lowest BCUT2D eigenvalue weighted by Crippen LogP contribution is -2.31. The number of rotatable bonds is 7. The minimum atomic E-state index is -0.692. The number of nitrogens with zero attached hydrogens (tertiary/aromatic N) is 1. The summed E-state index contributed by atoms with van der Waals surface area (Å²) in [5.41, 5.74) is 0.0746. The van der Waals surface area contributed by atoms with E-state index in [1.165, 1.54) is 11.3 Å². The molecule has 19 heavy (non-hydrogen) atoms. The lowest BCUT2D eigenvalue weighted by atomic mass is 9.90. The molecule has 1 rings (SSSR count). The fourth-order valence-corrected chi connectivity index (χ4v) is 2.35. The minimum absolute atomic E-state index is 0.228. The Morgan fingerprint density at radius 3 is 2.79 bits per heavy atom. The van der Waals surface area contributed by atoms with Gasteiger partial charge in [-0.05, 0) is 26.7 Å². The molecule has 1 heterocycles. The number of carbonyl (C=O) groups excluding carboxylic acids is 1. The van der Waals surface area contributed by atoms with Crippen molar-refractivity contribution in [2.75, 3.05) is 18.5 Å². The first-order valence-electron chi connectivity index (χ1n) is 6.78. The van der Waals surface area contributed by atoms with E-state index in [9.17, 15) is 4.79 Å². The highest BCUT2D eigenvalue weighted by atomic mass is 32.1. The lowest BCUT2D eigenvalue weighted by molar-refractivity contribution is -0.148. The van der Waals surface area contributed by atoms with Crippen LogP contribution in [0.15, 0.2) is 5.38 Å². The van der Waals surface area contributed by atoms with Crippen LogP contribution < -0.4 is 5.32 Å². The molecule has 0 bridgehead atoms. The number of anilines is 1. The molecule has 0 radical (unpaired) electrons. The van der Waals surface area contributed by atoms with Gasteiger partial charge in [-0.1, -0.05) is 20.3 Å². The molecular weight excluding hydrogens is 260 g/mol. The molecule has 4 nitrogen and oxygen atoms in total. The molecule has 0 aliphatic carbocycles. The van der Waals surface area contributed by atoms with Crippen LogP contribution in [-0.2, 0) is 14.9 Å². The monoisotopic (exact) mass is 284 g/mol. The van der Waals surface area contributed by atoms with Crippen LogP contribution in [0.2, 0.25) is 0 Å². The van der Waals surface area contributed by atoms with Gasteiger partial charge in [0.15, 0.2) is 5.13 Å². The SMILES string of the molecule is CCOC(=O)C(C)(C)c1csc(NCC(C)CC)n1. The van der Waals surface area contributed by atoms with Gasteiger partial charge in [-0.25, -0.2) is 4.98 Å². The maximum Gasteiger partial charge on any atom is 0.317 e. The van der Waals surface area contributed by atoms with Crippen LogP contribution in [0, 0.1) is 5.92 Å². The van der Waals surface area contributed by atoms with Crippen LogP contribution in [-0.4, -0.2) is 24.1 Å². The number of hydrogen-bond acceptors (Lipinski definition) is 5. The molecule has 108 valence electrons. The van der Waals surface area contributed by atoms with E-state index < -0.39 is 5.41 Å². The van der Waals surface area contributed by atoms with Crippen molar-refractivity contribution in [2.45, 2.75) is 46.5 Å². The van der Waals surface area contributed by atoms with Gasteiger partial charge in [0.25, 0.3) is 0 Å². The second-order valence-corrected chi connectivity index (χ2v) is 6.14. The largest absolute Gasteiger partial charge is 0.465 e. The van der Waals surface area contributed by atoms with E-state index >= 15 is 0 Å². The van der Waals surface area contributed by atoms with Gasteiger partial charge in [0.1, 0.15) is 5.41 Å². The molecule has 1 N–H and O–H groups in total. The van der Waals surface area contributed by atoms with Crippen molar-refractivity contribution in [1.82, 2.24) is 4.98 Å². The summed E-state index contributed by atoms with van der Waals surface area (Å²) in [5, 5.41) is 6.11. The normalized spacial score (nSPS) is 13.1. The molecule has 1 aromatic rings. The Hall–Kier alpha value is -1.10. The Balaban J connectivity index is 2.70. The van der Waals surface area contributed by atoms with Crippen LogP contribution in [0.25, 0.3) is 0 Å². The summed E-state index contributed by atoms with van der Waals surface area (Å²) < 4.78 is 5.09. The van der Waals surface area contributed by atoms with E-state index in [2.05, 4.69) is 24.1 Å². The van der Waals surface area contributed by atoms with Gasteiger partial charge < -0.3 is 10.1 Å². The van der Waals surface area contributed by atoms with Crippen molar-refractivity contribution >= 4 is 22.4 Å². The molecular formula is C14H24N2O2S. The van der Waals surface area contributed by atoms with Gasteiger partial charge in [-0.2, -0.15) is 0 Å². The fourth-order valence-electron chi connectivity index (χ4n) is 1.46. The van der Waals surface area contributed by atoms with Crippen molar-refractivity contribution in [1.29, 1.82) is 0 Å². The Morgan fingerprint density at radius 1 is 1.53 bits per heavy atom. The second-order valence-electron chi connectivity index (χ2n) is 5.28. The van der Waals surface area contributed by atoms with Gasteiger partial charge in [0.05, 0.1) is 12.3 Å². The molecule has 1 aromatic heterocycles. The summed E-state index contributed by atoms with van der Waals surface area (Å²) in [7, 11) is 0. The van der Waals surface area contributed by atoms with E-state index in [-0.39, 0.29) is 5.97 Å². The molecule has 1 unspecified atom stereocenters. The molecule has 0 saturated heterocycles. The third-order valence-corrected chi connectivity index (χ3v) is 4.03. The summed E-state index contributed by atoms with van der Waals surface area (Å²) in [4.78, 5) is 16.4. The molecule has 0 spiro atoms. The van der Waals surface area contributed by atoms with Gasteiger partial charge in [0.2, 0.25) is 0 Å². The molecule has 0 aliphatic heterocycles. The van der Waals surface area contributed by atoms with Crippen LogP contribution in [0.1, 0.15) is 46.7 Å². The third-order valence-electron chi connectivity index (χ3n) is 3.23. The van der Waals surface area contributed by atoms with Gasteiger partial charge in [0, 0.05) is 11.9 Å². The van der Waals surface area contributed by atoms with Crippen molar-refractivity contribution in [3.05, 3.63) is 11.1 Å². The van der Waals surface area contributed by atoms with E-state index in [0.29, 0.717) is 12.5 Å². The number of ether oxygens (including phenoxy) is 1. The van der Waals surface area contributed by atoms with Crippen molar-refractivity contribution in [3.63, 3.8) is 0 Å². The predicted molar refractivity (Wildman–Crippen MR) is 79.7 cm³/mol. The highest BCUT2D eigenvalue weighted by Crippen LogP contribution is 2.28. The number of aromatic nitrogens is 1.